The Kier molecular flexibility index (Phi) is 6.78. The zero-order valence-corrected chi connectivity index (χ0v) is 33.2. The largest absolute Gasteiger partial charge is 0.310 e. The fourth-order valence-corrected chi connectivity index (χ4v) is 10.7. The van der Waals surface area contributed by atoms with Crippen LogP contribution in [0.1, 0.15) is 49.9 Å². The number of anilines is 3. The number of hydrogen-bond acceptors (Lipinski definition) is 1. The molecular weight excluding hydrogens is 701 g/mol. The van der Waals surface area contributed by atoms with E-state index in [-0.39, 0.29) is 10.8 Å². The maximum Gasteiger partial charge on any atom is 0.0619 e. The summed E-state index contributed by atoms with van der Waals surface area (Å²) in [5.41, 5.74) is 17.7. The fourth-order valence-electron chi connectivity index (χ4n) is 10.7. The van der Waals surface area contributed by atoms with Crippen LogP contribution in [0.5, 0.6) is 0 Å². The smallest absolute Gasteiger partial charge is 0.0619 e. The standard InChI is InChI=1S/C56H42N2/c1-55(2)48-21-11-9-19-42(48)43-29-25-37(32-49(43)55)57(52-23-13-16-35-14-5-7-17-40(35)52)38-26-30-44-45-31-27-39(34-51(45)56(3,4)50(44)33-38)58-53-22-12-10-20-46(53)47-28-24-36-15-6-8-18-41(36)54(47)58/h5-34H,1-4H3. The van der Waals surface area contributed by atoms with Gasteiger partial charge in [-0.25, -0.2) is 0 Å². The molecule has 0 atom stereocenters. The Morgan fingerprint density at radius 2 is 0.914 bits per heavy atom. The van der Waals surface area contributed by atoms with Gasteiger partial charge in [-0.05, 0) is 104 Å². The molecule has 0 aliphatic heterocycles. The quantitative estimate of drug-likeness (QED) is 0.174. The Labute approximate surface area is 339 Å². The summed E-state index contributed by atoms with van der Waals surface area (Å²) in [6.07, 6.45) is 0. The van der Waals surface area contributed by atoms with Crippen molar-refractivity contribution in [1.29, 1.82) is 0 Å². The van der Waals surface area contributed by atoms with Crippen molar-refractivity contribution in [3.63, 3.8) is 0 Å². The van der Waals surface area contributed by atoms with E-state index in [1.807, 2.05) is 0 Å². The third-order valence-corrected chi connectivity index (χ3v) is 13.6. The molecule has 0 amide bonds. The van der Waals surface area contributed by atoms with Gasteiger partial charge < -0.3 is 9.47 Å². The van der Waals surface area contributed by atoms with E-state index < -0.39 is 0 Å². The number of hydrogen-bond donors (Lipinski definition) is 0. The fraction of sp³-hybridized carbons (Fsp3) is 0.107. The maximum absolute atomic E-state index is 2.50. The summed E-state index contributed by atoms with van der Waals surface area (Å²) in [5.74, 6) is 0. The number of rotatable bonds is 4. The molecule has 0 radical (unpaired) electrons. The van der Waals surface area contributed by atoms with E-state index in [9.17, 15) is 0 Å². The first-order valence-corrected chi connectivity index (χ1v) is 20.5. The lowest BCUT2D eigenvalue weighted by Crippen LogP contribution is -2.18. The Hall–Kier alpha value is -6.90. The predicted molar refractivity (Wildman–Crippen MR) is 246 cm³/mol. The van der Waals surface area contributed by atoms with Crippen LogP contribution in [0.3, 0.4) is 0 Å². The molecule has 0 saturated carbocycles. The van der Waals surface area contributed by atoms with Crippen molar-refractivity contribution in [2.75, 3.05) is 4.90 Å². The number of para-hydroxylation sites is 1. The van der Waals surface area contributed by atoms with E-state index in [4.69, 9.17) is 0 Å². The van der Waals surface area contributed by atoms with Crippen molar-refractivity contribution in [1.82, 2.24) is 4.57 Å². The molecule has 2 aliphatic carbocycles. The summed E-state index contributed by atoms with van der Waals surface area (Å²) in [6.45, 7) is 9.55. The highest BCUT2D eigenvalue weighted by atomic mass is 15.1. The van der Waals surface area contributed by atoms with Crippen LogP contribution in [-0.2, 0) is 10.8 Å². The van der Waals surface area contributed by atoms with E-state index >= 15 is 0 Å². The first-order valence-electron chi connectivity index (χ1n) is 20.5. The predicted octanol–water partition coefficient (Wildman–Crippen LogP) is 15.2. The first-order chi connectivity index (χ1) is 28.3. The zero-order chi connectivity index (χ0) is 38.9. The average molecular weight is 743 g/mol. The Balaban J connectivity index is 1.04. The molecular formula is C56H42N2. The van der Waals surface area contributed by atoms with Crippen LogP contribution in [0, 0.1) is 0 Å². The molecule has 0 bridgehead atoms. The van der Waals surface area contributed by atoms with E-state index in [0.29, 0.717) is 0 Å². The van der Waals surface area contributed by atoms with Gasteiger partial charge in [0.2, 0.25) is 0 Å². The topological polar surface area (TPSA) is 8.17 Å². The van der Waals surface area contributed by atoms with Crippen molar-refractivity contribution in [3.8, 4) is 27.9 Å². The van der Waals surface area contributed by atoms with Gasteiger partial charge in [0, 0.05) is 49.4 Å². The van der Waals surface area contributed by atoms with Gasteiger partial charge in [0.05, 0.1) is 16.7 Å². The van der Waals surface area contributed by atoms with Gasteiger partial charge in [-0.15, -0.1) is 0 Å². The second-order valence-electron chi connectivity index (χ2n) is 17.4. The molecule has 58 heavy (non-hydrogen) atoms. The Morgan fingerprint density at radius 3 is 1.66 bits per heavy atom. The summed E-state index contributed by atoms with van der Waals surface area (Å²) < 4.78 is 2.49. The molecule has 2 nitrogen and oxygen atoms in total. The minimum atomic E-state index is -0.233. The van der Waals surface area contributed by atoms with Gasteiger partial charge in [0.1, 0.15) is 0 Å². The third kappa shape index (κ3) is 4.49. The van der Waals surface area contributed by atoms with E-state index in [2.05, 4.69) is 219 Å². The van der Waals surface area contributed by atoms with Crippen LogP contribution in [0.2, 0.25) is 0 Å². The molecule has 0 N–H and O–H groups in total. The molecule has 10 aromatic rings. The molecule has 276 valence electrons. The Morgan fingerprint density at radius 1 is 0.379 bits per heavy atom. The average Bonchev–Trinajstić information content (AvgIpc) is 3.81. The van der Waals surface area contributed by atoms with Gasteiger partial charge in [0.15, 0.2) is 0 Å². The Bertz CT molecular complexity index is 3350. The molecule has 1 heterocycles. The SMILES string of the molecule is CC1(C)c2ccccc2-c2ccc(N(c3ccc4c(c3)C(C)(C)c3cc(-n5c6ccccc6c6ccc7ccccc7c65)ccc3-4)c3cccc4ccccc34)cc21. The number of nitrogens with zero attached hydrogens (tertiary/aromatic N) is 2. The van der Waals surface area contributed by atoms with Crippen LogP contribution in [-0.4, -0.2) is 4.57 Å². The summed E-state index contributed by atoms with van der Waals surface area (Å²) in [6, 6.07) is 68.1. The van der Waals surface area contributed by atoms with Crippen molar-refractivity contribution < 1.29 is 0 Å². The number of benzene rings is 9. The van der Waals surface area contributed by atoms with E-state index in [0.717, 1.165) is 0 Å². The summed E-state index contributed by atoms with van der Waals surface area (Å²) in [5, 5.41) is 7.57. The van der Waals surface area contributed by atoms with Gasteiger partial charge >= 0.3 is 0 Å². The molecule has 2 aliphatic rings. The van der Waals surface area contributed by atoms with Crippen LogP contribution in [0.25, 0.3) is 71.3 Å². The van der Waals surface area contributed by atoms with Crippen LogP contribution >= 0.6 is 0 Å². The van der Waals surface area contributed by atoms with E-state index in [1.54, 1.807) is 0 Å². The highest BCUT2D eigenvalue weighted by Crippen LogP contribution is 2.54. The van der Waals surface area contributed by atoms with Crippen molar-refractivity contribution in [2.24, 2.45) is 0 Å². The summed E-state index contributed by atoms with van der Waals surface area (Å²) in [4.78, 5) is 2.50. The summed E-state index contributed by atoms with van der Waals surface area (Å²) in [7, 11) is 0. The highest BCUT2D eigenvalue weighted by molar-refractivity contribution is 6.18. The molecule has 2 heteroatoms. The van der Waals surface area contributed by atoms with E-state index in [1.165, 1.54) is 111 Å². The lowest BCUT2D eigenvalue weighted by atomic mass is 9.82. The van der Waals surface area contributed by atoms with Crippen LogP contribution in [0.15, 0.2) is 182 Å². The first kappa shape index (κ1) is 33.3. The van der Waals surface area contributed by atoms with Crippen LogP contribution in [0.4, 0.5) is 17.1 Å². The van der Waals surface area contributed by atoms with Crippen LogP contribution < -0.4 is 4.90 Å². The molecule has 12 rings (SSSR count). The monoisotopic (exact) mass is 742 g/mol. The normalized spacial score (nSPS) is 14.5. The molecule has 0 fully saturated rings. The second kappa shape index (κ2) is 11.8. The molecule has 1 aromatic heterocycles. The number of fused-ring (bicyclic) bond motifs is 12. The van der Waals surface area contributed by atoms with Gasteiger partial charge in [-0.3, -0.25) is 0 Å². The highest BCUT2D eigenvalue weighted by Gasteiger charge is 2.38. The lowest BCUT2D eigenvalue weighted by Gasteiger charge is -2.30. The van der Waals surface area contributed by atoms with Gasteiger partial charge in [0.25, 0.3) is 0 Å². The second-order valence-corrected chi connectivity index (χ2v) is 17.4. The molecule has 9 aromatic carbocycles. The maximum atomic E-state index is 2.50. The van der Waals surface area contributed by atoms with Crippen molar-refractivity contribution in [2.45, 2.75) is 38.5 Å². The lowest BCUT2D eigenvalue weighted by molar-refractivity contribution is 0.659. The van der Waals surface area contributed by atoms with Gasteiger partial charge in [-0.2, -0.15) is 0 Å². The number of aromatic nitrogens is 1. The molecule has 0 saturated heterocycles. The molecule has 0 spiro atoms. The third-order valence-electron chi connectivity index (χ3n) is 13.6. The molecule has 0 unspecified atom stereocenters. The minimum absolute atomic E-state index is 0.103. The minimum Gasteiger partial charge on any atom is -0.310 e. The van der Waals surface area contributed by atoms with Crippen molar-refractivity contribution in [3.05, 3.63) is 204 Å². The van der Waals surface area contributed by atoms with Crippen molar-refractivity contribution >= 4 is 60.4 Å². The zero-order valence-electron chi connectivity index (χ0n) is 33.2. The van der Waals surface area contributed by atoms with Gasteiger partial charge in [-0.1, -0.05) is 161 Å². The summed E-state index contributed by atoms with van der Waals surface area (Å²) >= 11 is 0.